The van der Waals surface area contributed by atoms with Crippen LogP contribution in [0.2, 0.25) is 0 Å². The summed E-state index contributed by atoms with van der Waals surface area (Å²) in [4.78, 5) is 36.2. The third kappa shape index (κ3) is 5.36. The zero-order valence-electron chi connectivity index (χ0n) is 21.7. The van der Waals surface area contributed by atoms with Crippen LogP contribution in [-0.2, 0) is 22.5 Å². The molecule has 3 aromatic rings. The predicted molar refractivity (Wildman–Crippen MR) is 141 cm³/mol. The Kier molecular flexibility index (Phi) is 7.23. The van der Waals surface area contributed by atoms with Crippen LogP contribution in [0.15, 0.2) is 54.9 Å². The minimum Gasteiger partial charge on any atom is -0.462 e. The van der Waals surface area contributed by atoms with Gasteiger partial charge in [0.1, 0.15) is 5.82 Å². The van der Waals surface area contributed by atoms with Crippen molar-refractivity contribution < 1.29 is 14.3 Å². The van der Waals surface area contributed by atoms with Crippen molar-refractivity contribution in [1.29, 1.82) is 0 Å². The molecule has 9 nitrogen and oxygen atoms in total. The summed E-state index contributed by atoms with van der Waals surface area (Å²) in [5.41, 5.74) is 3.67. The first-order chi connectivity index (χ1) is 17.9. The first kappa shape index (κ1) is 25.0. The number of para-hydroxylation sites is 1. The second kappa shape index (κ2) is 10.7. The van der Waals surface area contributed by atoms with Crippen LogP contribution in [-0.4, -0.2) is 81.3 Å². The van der Waals surface area contributed by atoms with Gasteiger partial charge in [-0.1, -0.05) is 18.2 Å². The van der Waals surface area contributed by atoms with E-state index in [1.54, 1.807) is 19.2 Å². The molecule has 2 aliphatic rings. The number of hydrogen-bond donors (Lipinski definition) is 0. The number of nitrogens with zero attached hydrogens (tertiary/aromatic N) is 6. The number of piperazine rings is 1. The normalized spacial score (nSPS) is 20.0. The lowest BCUT2D eigenvalue weighted by atomic mass is 10.1. The lowest BCUT2D eigenvalue weighted by molar-refractivity contribution is -0.134. The Morgan fingerprint density at radius 3 is 2.49 bits per heavy atom. The van der Waals surface area contributed by atoms with Crippen LogP contribution in [0.4, 0.5) is 5.82 Å². The summed E-state index contributed by atoms with van der Waals surface area (Å²) < 4.78 is 6.96. The topological polar surface area (TPSA) is 83.8 Å². The number of hydrogen-bond acceptors (Lipinski definition) is 7. The van der Waals surface area contributed by atoms with E-state index in [2.05, 4.69) is 28.6 Å². The van der Waals surface area contributed by atoms with E-state index < -0.39 is 0 Å². The number of fused-ring (bicyclic) bond motifs is 1. The largest absolute Gasteiger partial charge is 0.462 e. The van der Waals surface area contributed by atoms with E-state index in [0.29, 0.717) is 31.8 Å². The molecule has 0 radical (unpaired) electrons. The standard InChI is InChI=1S/C28H34N6O3/c1-4-37-28(36)22-10-11-26(29-14-22)32-15-20(2)33(21(3)16-32)19-27(35)31-13-12-25-23(17-31)18-34(30-25)24-8-6-5-7-9-24/h5-11,14,18,20-21H,4,12-13,15-17,19H2,1-3H3. The fourth-order valence-corrected chi connectivity index (χ4v) is 5.26. The molecule has 0 spiro atoms. The van der Waals surface area contributed by atoms with Crippen molar-refractivity contribution in [3.63, 3.8) is 0 Å². The van der Waals surface area contributed by atoms with Crippen molar-refractivity contribution >= 4 is 17.7 Å². The van der Waals surface area contributed by atoms with Gasteiger partial charge < -0.3 is 14.5 Å². The SMILES string of the molecule is CCOC(=O)c1ccc(N2CC(C)N(CC(=O)N3CCc4nn(-c5ccccc5)cc4C3)C(C)C2)nc1. The zero-order chi connectivity index (χ0) is 25.9. The minimum absolute atomic E-state index is 0.155. The first-order valence-corrected chi connectivity index (χ1v) is 13.0. The highest BCUT2D eigenvalue weighted by atomic mass is 16.5. The van der Waals surface area contributed by atoms with Crippen molar-refractivity contribution in [3.05, 3.63) is 71.7 Å². The van der Waals surface area contributed by atoms with Crippen LogP contribution in [0.5, 0.6) is 0 Å². The van der Waals surface area contributed by atoms with Crippen LogP contribution in [0.3, 0.4) is 0 Å². The van der Waals surface area contributed by atoms with E-state index in [9.17, 15) is 9.59 Å². The molecule has 1 aromatic carbocycles. The monoisotopic (exact) mass is 502 g/mol. The van der Waals surface area contributed by atoms with Crippen LogP contribution in [0, 0.1) is 0 Å². The molecule has 2 aromatic heterocycles. The lowest BCUT2D eigenvalue weighted by Gasteiger charge is -2.45. The number of amides is 1. The summed E-state index contributed by atoms with van der Waals surface area (Å²) >= 11 is 0. The quantitative estimate of drug-likeness (QED) is 0.479. The maximum Gasteiger partial charge on any atom is 0.339 e. The Morgan fingerprint density at radius 2 is 1.81 bits per heavy atom. The van der Waals surface area contributed by atoms with Crippen LogP contribution >= 0.6 is 0 Å². The van der Waals surface area contributed by atoms with E-state index >= 15 is 0 Å². The average Bonchev–Trinajstić information content (AvgIpc) is 3.35. The van der Waals surface area contributed by atoms with E-state index in [-0.39, 0.29) is 24.0 Å². The summed E-state index contributed by atoms with van der Waals surface area (Å²) in [6, 6.07) is 14.1. The molecule has 2 atom stereocenters. The van der Waals surface area contributed by atoms with E-state index in [0.717, 1.165) is 42.3 Å². The van der Waals surface area contributed by atoms with Gasteiger partial charge in [0.15, 0.2) is 0 Å². The average molecular weight is 503 g/mol. The van der Waals surface area contributed by atoms with Gasteiger partial charge in [-0.2, -0.15) is 5.10 Å². The molecular formula is C28H34N6O3. The molecular weight excluding hydrogens is 468 g/mol. The van der Waals surface area contributed by atoms with Crippen LogP contribution < -0.4 is 4.90 Å². The van der Waals surface area contributed by atoms with Gasteiger partial charge in [-0.3, -0.25) is 9.69 Å². The number of carbonyl (C=O) groups is 2. The minimum atomic E-state index is -0.358. The van der Waals surface area contributed by atoms with Gasteiger partial charge >= 0.3 is 5.97 Å². The number of carbonyl (C=O) groups excluding carboxylic acids is 2. The molecule has 1 saturated heterocycles. The van der Waals surface area contributed by atoms with Gasteiger partial charge in [-0.25, -0.2) is 14.5 Å². The highest BCUT2D eigenvalue weighted by Gasteiger charge is 2.33. The fourth-order valence-electron chi connectivity index (χ4n) is 5.26. The molecule has 2 unspecified atom stereocenters. The van der Waals surface area contributed by atoms with E-state index in [4.69, 9.17) is 9.84 Å². The molecule has 37 heavy (non-hydrogen) atoms. The molecule has 194 valence electrons. The third-order valence-electron chi connectivity index (χ3n) is 7.23. The third-order valence-corrected chi connectivity index (χ3v) is 7.23. The number of ether oxygens (including phenoxy) is 1. The van der Waals surface area contributed by atoms with E-state index in [1.807, 2.05) is 52.2 Å². The van der Waals surface area contributed by atoms with Crippen molar-refractivity contribution in [2.45, 2.75) is 45.8 Å². The van der Waals surface area contributed by atoms with Crippen molar-refractivity contribution in [3.8, 4) is 5.69 Å². The molecule has 0 bridgehead atoms. The Morgan fingerprint density at radius 1 is 1.05 bits per heavy atom. The number of anilines is 1. The van der Waals surface area contributed by atoms with Gasteiger partial charge in [0.25, 0.3) is 0 Å². The summed E-state index contributed by atoms with van der Waals surface area (Å²) in [5, 5.41) is 4.75. The number of aromatic nitrogens is 3. The second-order valence-corrected chi connectivity index (χ2v) is 9.85. The summed E-state index contributed by atoms with van der Waals surface area (Å²) in [6.45, 7) is 9.64. The van der Waals surface area contributed by atoms with Gasteiger partial charge in [0.05, 0.1) is 30.1 Å². The molecule has 0 aliphatic carbocycles. The van der Waals surface area contributed by atoms with Gasteiger partial charge in [-0.05, 0) is 45.0 Å². The van der Waals surface area contributed by atoms with Crippen molar-refractivity contribution in [2.24, 2.45) is 0 Å². The Bertz CT molecular complexity index is 1230. The Labute approximate surface area is 217 Å². The summed E-state index contributed by atoms with van der Waals surface area (Å²) in [7, 11) is 0. The molecule has 2 aliphatic heterocycles. The van der Waals surface area contributed by atoms with Crippen molar-refractivity contribution in [2.75, 3.05) is 37.7 Å². The zero-order valence-corrected chi connectivity index (χ0v) is 21.7. The maximum atomic E-state index is 13.3. The summed E-state index contributed by atoms with van der Waals surface area (Å²) in [6.07, 6.45) is 4.39. The first-order valence-electron chi connectivity index (χ1n) is 13.0. The molecule has 0 saturated carbocycles. The molecule has 1 fully saturated rings. The van der Waals surface area contributed by atoms with Crippen LogP contribution in [0.1, 0.15) is 42.4 Å². The molecule has 9 heteroatoms. The maximum absolute atomic E-state index is 13.3. The molecule has 1 amide bonds. The summed E-state index contributed by atoms with van der Waals surface area (Å²) in [5.74, 6) is 0.628. The van der Waals surface area contributed by atoms with Crippen molar-refractivity contribution in [1.82, 2.24) is 24.6 Å². The smallest absolute Gasteiger partial charge is 0.339 e. The number of benzene rings is 1. The Balaban J connectivity index is 1.19. The highest BCUT2D eigenvalue weighted by molar-refractivity contribution is 5.89. The number of rotatable bonds is 6. The second-order valence-electron chi connectivity index (χ2n) is 9.85. The molecule has 4 heterocycles. The number of pyridine rings is 1. The van der Waals surface area contributed by atoms with Crippen LogP contribution in [0.25, 0.3) is 5.69 Å². The van der Waals surface area contributed by atoms with Gasteiger partial charge in [0, 0.05) is 62.6 Å². The highest BCUT2D eigenvalue weighted by Crippen LogP contribution is 2.23. The molecule has 5 rings (SSSR count). The fraction of sp³-hybridized carbons (Fsp3) is 0.429. The number of esters is 1. The lowest BCUT2D eigenvalue weighted by Crippen LogP contribution is -2.59. The molecule has 0 N–H and O–H groups in total. The van der Waals surface area contributed by atoms with Gasteiger partial charge in [-0.15, -0.1) is 0 Å². The predicted octanol–water partition coefficient (Wildman–Crippen LogP) is 2.93. The Hall–Kier alpha value is -3.72. The van der Waals surface area contributed by atoms with Gasteiger partial charge in [0.2, 0.25) is 5.91 Å². The van der Waals surface area contributed by atoms with E-state index in [1.165, 1.54) is 0 Å².